The van der Waals surface area contributed by atoms with Gasteiger partial charge in [0.1, 0.15) is 38.5 Å². The molecule has 0 heterocycles. The molecule has 0 saturated carbocycles. The van der Waals surface area contributed by atoms with Crippen LogP contribution in [0.25, 0.3) is 0 Å². The minimum atomic E-state index is -0.770. The number of unbranched alkanes of at least 4 members (excludes halogenated alkanes) is 31. The van der Waals surface area contributed by atoms with Gasteiger partial charge in [0.2, 0.25) is 0 Å². The zero-order valence-corrected chi connectivity index (χ0v) is 63.5. The van der Waals surface area contributed by atoms with Gasteiger partial charge in [0.05, 0.1) is 52.6 Å². The largest absolute Gasteiger partial charge is 1.00 e. The molecular formula is C77H144Cl2N2O14. The van der Waals surface area contributed by atoms with Crippen LogP contribution in [0.4, 0.5) is 0 Å². The molecule has 0 aliphatic heterocycles. The van der Waals surface area contributed by atoms with Gasteiger partial charge in [0.15, 0.2) is 13.1 Å². The first-order chi connectivity index (χ1) is 45.0. The number of hydrogen-bond donors (Lipinski definition) is 2. The molecule has 95 heavy (non-hydrogen) atoms. The van der Waals surface area contributed by atoms with Gasteiger partial charge >= 0.3 is 35.8 Å². The fourth-order valence-corrected chi connectivity index (χ4v) is 11.8. The molecule has 18 heteroatoms. The Bertz CT molecular complexity index is 1900. The highest BCUT2D eigenvalue weighted by Gasteiger charge is 2.32. The van der Waals surface area contributed by atoms with Crippen molar-refractivity contribution >= 4 is 35.8 Å². The van der Waals surface area contributed by atoms with Crippen molar-refractivity contribution in [3.05, 3.63) is 24.3 Å². The van der Waals surface area contributed by atoms with E-state index in [-0.39, 0.29) is 86.9 Å². The average Bonchev–Trinajstić information content (AvgIpc) is 1.16. The zero-order chi connectivity index (χ0) is 68.7. The number of likely N-dealkylation sites (N-methyl/N-ethyl adjacent to an activating group) is 2. The van der Waals surface area contributed by atoms with Gasteiger partial charge in [-0.1, -0.05) is 213 Å². The SMILES string of the molecule is CCCCCCCC[N+](C)(CCOC(C)=O)CC(=O)OC(CCCCC)C(O)C/C=C\CCCCCCCC(=O)OCCCCCCCCCCOC(=O)CCCCCCC/C=C\CC(O)C(CCCCC)OC(=O)C[N+](C)(CCCCCCCC)CCOC(=O)CC.[Cl-].[Cl-]. The lowest BCUT2D eigenvalue weighted by molar-refractivity contribution is -0.903. The molecule has 0 rings (SSSR count). The summed E-state index contributed by atoms with van der Waals surface area (Å²) in [6.45, 7) is 16.4. The molecule has 0 amide bonds. The van der Waals surface area contributed by atoms with Crippen molar-refractivity contribution in [1.82, 2.24) is 0 Å². The van der Waals surface area contributed by atoms with E-state index in [1.807, 2.05) is 26.2 Å². The molecule has 0 aromatic rings. The topological polar surface area (TPSA) is 198 Å². The lowest BCUT2D eigenvalue weighted by Crippen LogP contribution is -3.00. The monoisotopic (exact) mass is 1390 g/mol. The Labute approximate surface area is 593 Å². The van der Waals surface area contributed by atoms with E-state index < -0.39 is 24.4 Å². The Hall–Kier alpha value is -3.28. The Morgan fingerprint density at radius 3 is 1.03 bits per heavy atom. The Morgan fingerprint density at radius 2 is 0.663 bits per heavy atom. The number of aliphatic hydroxyl groups is 2. The van der Waals surface area contributed by atoms with Crippen molar-refractivity contribution < 1.29 is 101 Å². The maximum Gasteiger partial charge on any atom is 0.362 e. The van der Waals surface area contributed by atoms with Gasteiger partial charge < -0.3 is 72.4 Å². The molecule has 2 N–H and O–H groups in total. The quantitative estimate of drug-likeness (QED) is 0.0192. The Kier molecular flexibility index (Phi) is 68.5. The van der Waals surface area contributed by atoms with Crippen molar-refractivity contribution in [2.45, 2.75) is 355 Å². The lowest BCUT2D eigenvalue weighted by atomic mass is 10.0. The minimum Gasteiger partial charge on any atom is -1.00 e. The summed E-state index contributed by atoms with van der Waals surface area (Å²) in [5.41, 5.74) is 0. The second-order valence-electron chi connectivity index (χ2n) is 27.4. The van der Waals surface area contributed by atoms with Crippen LogP contribution < -0.4 is 24.8 Å². The van der Waals surface area contributed by atoms with Gasteiger partial charge in [0, 0.05) is 26.2 Å². The molecule has 6 unspecified atom stereocenters. The smallest absolute Gasteiger partial charge is 0.362 e. The number of ether oxygens (including phenoxy) is 6. The van der Waals surface area contributed by atoms with Crippen LogP contribution in [0.1, 0.15) is 330 Å². The second kappa shape index (κ2) is 67.9. The molecule has 0 aromatic heterocycles. The van der Waals surface area contributed by atoms with E-state index in [0.29, 0.717) is 80.2 Å². The van der Waals surface area contributed by atoms with Crippen molar-refractivity contribution in [1.29, 1.82) is 0 Å². The molecular weight excluding hydrogens is 1250 g/mol. The summed E-state index contributed by atoms with van der Waals surface area (Å²) < 4.78 is 34.6. The van der Waals surface area contributed by atoms with Gasteiger partial charge in [-0.15, -0.1) is 0 Å². The van der Waals surface area contributed by atoms with E-state index in [4.69, 9.17) is 28.4 Å². The van der Waals surface area contributed by atoms with Gasteiger partial charge in [-0.3, -0.25) is 19.2 Å². The number of hydrogen-bond acceptors (Lipinski definition) is 14. The maximum absolute atomic E-state index is 13.4. The standard InChI is InChI=1S/C77H144N2O14.2ClH/c1-9-14-18-20-38-48-58-78(7,60-64-88-68(6)80)66-76(86)92-71(54-42-16-11-3)69(81)52-44-34-28-22-24-30-36-46-56-74(84)89-62-50-40-32-26-27-33-41-51-63-90-75(85)57-47-37-31-25-23-29-35-45-53-70(82)72(55-43-17-12-4)93-77(87)67-79(8,61-65-91-73(83)13-5)59-49-39-21-19-15-10-2;;/h34-35,44-45,69-72,81-82H,9-33,36-43,46-67H2,1-8H3;2*1H/q+2;;/p-2/b44-34-,45-35-;;. The third-order valence-corrected chi connectivity index (χ3v) is 18.0. The molecule has 560 valence electrons. The molecule has 0 saturated heterocycles. The zero-order valence-electron chi connectivity index (χ0n) is 62.0. The number of quaternary nitrogens is 2. The van der Waals surface area contributed by atoms with Crippen molar-refractivity contribution in [2.75, 3.05) is 79.8 Å². The second-order valence-corrected chi connectivity index (χ2v) is 27.4. The van der Waals surface area contributed by atoms with Crippen LogP contribution in [0.5, 0.6) is 0 Å². The number of rotatable bonds is 68. The van der Waals surface area contributed by atoms with Crippen molar-refractivity contribution in [3.63, 3.8) is 0 Å². The summed E-state index contributed by atoms with van der Waals surface area (Å²) in [6.07, 6.45) is 49.1. The van der Waals surface area contributed by atoms with E-state index in [1.54, 1.807) is 6.92 Å². The van der Waals surface area contributed by atoms with Crippen LogP contribution in [0.3, 0.4) is 0 Å². The third kappa shape index (κ3) is 61.5. The number of carbonyl (C=O) groups excluding carboxylic acids is 6. The van der Waals surface area contributed by atoms with Gasteiger partial charge in [-0.25, -0.2) is 9.59 Å². The van der Waals surface area contributed by atoms with Gasteiger partial charge in [0.25, 0.3) is 0 Å². The minimum absolute atomic E-state index is 0. The fourth-order valence-electron chi connectivity index (χ4n) is 11.8. The maximum atomic E-state index is 13.4. The number of aliphatic hydroxyl groups excluding tert-OH is 2. The molecule has 0 radical (unpaired) electrons. The Balaban J connectivity index is -0.0000423. The summed E-state index contributed by atoms with van der Waals surface area (Å²) in [5, 5.41) is 22.3. The normalized spacial score (nSPS) is 14.0. The summed E-state index contributed by atoms with van der Waals surface area (Å²) >= 11 is 0. The number of allylic oxidation sites excluding steroid dienone is 2. The first-order valence-corrected chi connectivity index (χ1v) is 38.3. The van der Waals surface area contributed by atoms with E-state index in [1.165, 1.54) is 58.3 Å². The molecule has 0 aliphatic carbocycles. The average molecular weight is 1390 g/mol. The molecule has 16 nitrogen and oxygen atoms in total. The summed E-state index contributed by atoms with van der Waals surface area (Å²) in [4.78, 5) is 74.7. The predicted molar refractivity (Wildman–Crippen MR) is 377 cm³/mol. The highest BCUT2D eigenvalue weighted by Crippen LogP contribution is 2.21. The first-order valence-electron chi connectivity index (χ1n) is 38.3. The molecule has 0 spiro atoms. The summed E-state index contributed by atoms with van der Waals surface area (Å²) in [7, 11) is 4.07. The molecule has 0 fully saturated rings. The van der Waals surface area contributed by atoms with Crippen LogP contribution >= 0.6 is 0 Å². The fraction of sp³-hybridized carbons (Fsp3) is 0.870. The van der Waals surface area contributed by atoms with Crippen molar-refractivity contribution in [3.8, 4) is 0 Å². The number of nitrogens with zero attached hydrogens (tertiary/aromatic N) is 2. The molecule has 6 atom stereocenters. The molecule has 0 aliphatic rings. The van der Waals surface area contributed by atoms with Crippen LogP contribution in [-0.4, -0.2) is 159 Å². The van der Waals surface area contributed by atoms with Crippen LogP contribution in [-0.2, 0) is 57.2 Å². The van der Waals surface area contributed by atoms with Crippen LogP contribution in [0.2, 0.25) is 0 Å². The Morgan fingerprint density at radius 1 is 0.347 bits per heavy atom. The van der Waals surface area contributed by atoms with E-state index in [2.05, 4.69) is 39.8 Å². The molecule has 0 bridgehead atoms. The summed E-state index contributed by atoms with van der Waals surface area (Å²) in [5.74, 6) is -1.39. The third-order valence-electron chi connectivity index (χ3n) is 18.0. The van der Waals surface area contributed by atoms with Crippen LogP contribution in [0.15, 0.2) is 24.3 Å². The number of carbonyl (C=O) groups is 6. The highest BCUT2D eigenvalue weighted by atomic mass is 35.5. The number of esters is 6. The van der Waals surface area contributed by atoms with Gasteiger partial charge in [-0.05, 0) is 116 Å². The van der Waals surface area contributed by atoms with E-state index in [0.717, 1.165) is 206 Å². The van der Waals surface area contributed by atoms with E-state index >= 15 is 0 Å². The van der Waals surface area contributed by atoms with Crippen molar-refractivity contribution in [2.24, 2.45) is 0 Å². The van der Waals surface area contributed by atoms with Crippen LogP contribution in [0, 0.1) is 0 Å². The highest BCUT2D eigenvalue weighted by molar-refractivity contribution is 5.71. The lowest BCUT2D eigenvalue weighted by Gasteiger charge is -2.34. The van der Waals surface area contributed by atoms with Gasteiger partial charge in [-0.2, -0.15) is 0 Å². The summed E-state index contributed by atoms with van der Waals surface area (Å²) in [6, 6.07) is 0. The number of halogens is 2. The van der Waals surface area contributed by atoms with E-state index in [9.17, 15) is 39.0 Å². The predicted octanol–water partition coefficient (Wildman–Crippen LogP) is 11.4. The molecule has 0 aromatic carbocycles. The first kappa shape index (κ1) is 95.9.